The minimum Gasteiger partial charge on any atom is -0.392 e. The average Bonchev–Trinajstić information content (AvgIpc) is 2.35. The molecule has 2 N–H and O–H groups in total. The van der Waals surface area contributed by atoms with Gasteiger partial charge in [-0.3, -0.25) is 0 Å². The van der Waals surface area contributed by atoms with Crippen LogP contribution in [0.1, 0.15) is 26.3 Å². The van der Waals surface area contributed by atoms with Gasteiger partial charge in [0.05, 0.1) is 6.10 Å². The number of benzene rings is 1. The molecule has 1 atom stereocenters. The lowest BCUT2D eigenvalue weighted by Crippen LogP contribution is -2.45. The Morgan fingerprint density at radius 1 is 1.45 bits per heavy atom. The molecule has 1 unspecified atom stereocenters. The molecule has 1 aromatic carbocycles. The Bertz CT molecular complexity index is 461. The molecular weight excluding hydrogens is 320 g/mol. The number of hydrogen-bond acceptors (Lipinski definition) is 2. The maximum atomic E-state index is 11.9. The molecule has 0 spiro atoms. The minimum atomic E-state index is -0.526. The molecule has 20 heavy (non-hydrogen) atoms. The number of carbonyl (C=O) groups is 1. The van der Waals surface area contributed by atoms with Crippen molar-refractivity contribution in [2.75, 3.05) is 20.1 Å². The summed E-state index contributed by atoms with van der Waals surface area (Å²) in [5.74, 6) is 0. The maximum absolute atomic E-state index is 11.9. The van der Waals surface area contributed by atoms with Crippen LogP contribution >= 0.6 is 15.9 Å². The number of urea groups is 1. The van der Waals surface area contributed by atoms with E-state index in [0.717, 1.165) is 10.0 Å². The summed E-state index contributed by atoms with van der Waals surface area (Å²) in [6.45, 7) is 6.68. The first-order valence-corrected chi connectivity index (χ1v) is 7.45. The summed E-state index contributed by atoms with van der Waals surface area (Å²) in [6.07, 6.45) is -0.526. The molecule has 0 saturated heterocycles. The van der Waals surface area contributed by atoms with Gasteiger partial charge in [-0.05, 0) is 18.6 Å². The van der Waals surface area contributed by atoms with Gasteiger partial charge in [0.25, 0.3) is 0 Å². The van der Waals surface area contributed by atoms with Gasteiger partial charge < -0.3 is 15.3 Å². The highest BCUT2D eigenvalue weighted by atomic mass is 79.9. The van der Waals surface area contributed by atoms with Gasteiger partial charge in [-0.25, -0.2) is 4.79 Å². The van der Waals surface area contributed by atoms with Crippen molar-refractivity contribution in [3.63, 3.8) is 0 Å². The van der Waals surface area contributed by atoms with E-state index in [1.54, 1.807) is 14.0 Å². The highest BCUT2D eigenvalue weighted by Gasteiger charge is 2.24. The maximum Gasteiger partial charge on any atom is 0.317 e. The Labute approximate surface area is 129 Å². The summed E-state index contributed by atoms with van der Waals surface area (Å²) in [7, 11) is 1.67. The molecule has 0 saturated carbocycles. The molecule has 5 heteroatoms. The molecule has 2 amide bonds. The number of aliphatic hydroxyl groups is 1. The number of hydrogen-bond donors (Lipinski definition) is 2. The zero-order valence-electron chi connectivity index (χ0n) is 12.5. The van der Waals surface area contributed by atoms with E-state index in [2.05, 4.69) is 41.2 Å². The SMILES string of the molecule is CC(O)CN(C)C(=O)NCC(C)(C)c1ccccc1Br. The first-order valence-electron chi connectivity index (χ1n) is 6.66. The molecule has 1 rings (SSSR count). The molecule has 0 bridgehead atoms. The number of carbonyl (C=O) groups excluding carboxylic acids is 1. The minimum absolute atomic E-state index is 0.175. The summed E-state index contributed by atoms with van der Waals surface area (Å²) in [6, 6.07) is 7.84. The van der Waals surface area contributed by atoms with E-state index in [1.807, 2.05) is 18.2 Å². The molecule has 0 aromatic heterocycles. The van der Waals surface area contributed by atoms with Gasteiger partial charge >= 0.3 is 6.03 Å². The van der Waals surface area contributed by atoms with Crippen LogP contribution in [0, 0.1) is 0 Å². The lowest BCUT2D eigenvalue weighted by atomic mass is 9.84. The first-order chi connectivity index (χ1) is 9.24. The van der Waals surface area contributed by atoms with E-state index in [4.69, 9.17) is 0 Å². The smallest absolute Gasteiger partial charge is 0.317 e. The number of nitrogens with zero attached hydrogens (tertiary/aromatic N) is 1. The zero-order valence-corrected chi connectivity index (χ0v) is 14.1. The molecular formula is C15H23BrN2O2. The fourth-order valence-corrected chi connectivity index (χ4v) is 2.84. The normalized spacial score (nSPS) is 12.9. The van der Waals surface area contributed by atoms with Gasteiger partial charge in [0.1, 0.15) is 0 Å². The Hall–Kier alpha value is -1.07. The topological polar surface area (TPSA) is 52.6 Å². The van der Waals surface area contributed by atoms with Crippen LogP contribution in [-0.4, -0.2) is 42.3 Å². The van der Waals surface area contributed by atoms with E-state index in [0.29, 0.717) is 13.1 Å². The van der Waals surface area contributed by atoms with Crippen LogP contribution in [0.25, 0.3) is 0 Å². The summed E-state index contributed by atoms with van der Waals surface area (Å²) in [4.78, 5) is 13.4. The van der Waals surface area contributed by atoms with Crippen LogP contribution in [0.15, 0.2) is 28.7 Å². The van der Waals surface area contributed by atoms with Gasteiger partial charge in [-0.15, -0.1) is 0 Å². The van der Waals surface area contributed by atoms with Crippen LogP contribution < -0.4 is 5.32 Å². The Balaban J connectivity index is 2.64. The first kappa shape index (κ1) is 17.0. The van der Waals surface area contributed by atoms with Crippen molar-refractivity contribution in [2.24, 2.45) is 0 Å². The van der Waals surface area contributed by atoms with Crippen molar-refractivity contribution >= 4 is 22.0 Å². The predicted molar refractivity (Wildman–Crippen MR) is 84.9 cm³/mol. The van der Waals surface area contributed by atoms with Gasteiger partial charge in [-0.1, -0.05) is 48.0 Å². The van der Waals surface area contributed by atoms with Gasteiger partial charge in [0, 0.05) is 30.0 Å². The third-order valence-electron chi connectivity index (χ3n) is 3.17. The largest absolute Gasteiger partial charge is 0.392 e. The van der Waals surface area contributed by atoms with Crippen molar-refractivity contribution in [3.05, 3.63) is 34.3 Å². The molecule has 112 valence electrons. The monoisotopic (exact) mass is 342 g/mol. The number of amides is 2. The Kier molecular flexibility index (Phi) is 6.02. The van der Waals surface area contributed by atoms with Crippen molar-refractivity contribution in [1.29, 1.82) is 0 Å². The van der Waals surface area contributed by atoms with E-state index in [1.165, 1.54) is 4.90 Å². The van der Waals surface area contributed by atoms with E-state index in [9.17, 15) is 9.90 Å². The lowest BCUT2D eigenvalue weighted by Gasteiger charge is -2.28. The van der Waals surface area contributed by atoms with Gasteiger partial charge in [-0.2, -0.15) is 0 Å². The third-order valence-corrected chi connectivity index (χ3v) is 3.86. The molecule has 0 heterocycles. The quantitative estimate of drug-likeness (QED) is 0.864. The van der Waals surface area contributed by atoms with Crippen molar-refractivity contribution in [2.45, 2.75) is 32.3 Å². The van der Waals surface area contributed by atoms with Crippen LogP contribution in [0.3, 0.4) is 0 Å². The second kappa shape index (κ2) is 7.09. The number of likely N-dealkylation sites (N-methyl/N-ethyl adjacent to an activating group) is 1. The predicted octanol–water partition coefficient (Wildman–Crippen LogP) is 2.75. The van der Waals surface area contributed by atoms with Crippen molar-refractivity contribution in [3.8, 4) is 0 Å². The fourth-order valence-electron chi connectivity index (χ4n) is 2.02. The zero-order chi connectivity index (χ0) is 15.3. The molecule has 0 aliphatic rings. The van der Waals surface area contributed by atoms with Gasteiger partial charge in [0.2, 0.25) is 0 Å². The van der Waals surface area contributed by atoms with Crippen LogP contribution in [0.5, 0.6) is 0 Å². The highest BCUT2D eigenvalue weighted by molar-refractivity contribution is 9.10. The molecule has 0 radical (unpaired) electrons. The number of aliphatic hydroxyl groups excluding tert-OH is 1. The lowest BCUT2D eigenvalue weighted by molar-refractivity contribution is 0.143. The van der Waals surface area contributed by atoms with E-state index in [-0.39, 0.29) is 11.4 Å². The average molecular weight is 343 g/mol. The standard InChI is InChI=1S/C15H23BrN2O2/c1-11(19)9-18(4)14(20)17-10-15(2,3)12-7-5-6-8-13(12)16/h5-8,11,19H,9-10H2,1-4H3,(H,17,20). The summed E-state index contributed by atoms with van der Waals surface area (Å²) in [5.41, 5.74) is 0.972. The second-order valence-electron chi connectivity index (χ2n) is 5.75. The molecule has 0 fully saturated rings. The van der Waals surface area contributed by atoms with Crippen LogP contribution in [0.4, 0.5) is 4.79 Å². The van der Waals surface area contributed by atoms with Crippen LogP contribution in [-0.2, 0) is 5.41 Å². The number of halogens is 1. The van der Waals surface area contributed by atoms with Gasteiger partial charge in [0.15, 0.2) is 0 Å². The number of rotatable bonds is 5. The van der Waals surface area contributed by atoms with Crippen molar-refractivity contribution in [1.82, 2.24) is 10.2 Å². The third kappa shape index (κ3) is 4.80. The second-order valence-corrected chi connectivity index (χ2v) is 6.61. The van der Waals surface area contributed by atoms with Crippen molar-refractivity contribution < 1.29 is 9.90 Å². The summed E-state index contributed by atoms with van der Waals surface area (Å²) < 4.78 is 1.04. The van der Waals surface area contributed by atoms with E-state index < -0.39 is 6.10 Å². The van der Waals surface area contributed by atoms with E-state index >= 15 is 0 Å². The molecule has 0 aliphatic carbocycles. The molecule has 0 aliphatic heterocycles. The van der Waals surface area contributed by atoms with Crippen LogP contribution in [0.2, 0.25) is 0 Å². The summed E-state index contributed by atoms with van der Waals surface area (Å²) in [5, 5.41) is 12.2. The fraction of sp³-hybridized carbons (Fsp3) is 0.533. The Morgan fingerprint density at radius 3 is 2.60 bits per heavy atom. The highest BCUT2D eigenvalue weighted by Crippen LogP contribution is 2.29. The number of nitrogens with one attached hydrogen (secondary N) is 1. The molecule has 4 nitrogen and oxygen atoms in total. The summed E-state index contributed by atoms with van der Waals surface area (Å²) >= 11 is 3.54. The Morgan fingerprint density at radius 2 is 2.05 bits per heavy atom. The molecule has 1 aromatic rings.